The highest BCUT2D eigenvalue weighted by molar-refractivity contribution is 4.79. The van der Waals surface area contributed by atoms with Crippen LogP contribution < -0.4 is 5.32 Å². The van der Waals surface area contributed by atoms with Crippen molar-refractivity contribution in [3.05, 3.63) is 0 Å². The highest BCUT2D eigenvalue weighted by Crippen LogP contribution is 2.12. The van der Waals surface area contributed by atoms with E-state index in [1.807, 2.05) is 0 Å². The van der Waals surface area contributed by atoms with Crippen LogP contribution >= 0.6 is 0 Å². The number of hydrogen-bond donors (Lipinski definition) is 1. The molecule has 0 heterocycles. The molecule has 1 N–H and O–H groups in total. The maximum Gasteiger partial charge on any atom is 0.0773 e. The van der Waals surface area contributed by atoms with Crippen molar-refractivity contribution in [3.8, 4) is 0 Å². The molecule has 104 valence electrons. The summed E-state index contributed by atoms with van der Waals surface area (Å²) in [5.74, 6) is 0.509. The van der Waals surface area contributed by atoms with Gasteiger partial charge in [-0.05, 0) is 32.2 Å². The van der Waals surface area contributed by atoms with Crippen molar-refractivity contribution >= 4 is 0 Å². The first-order chi connectivity index (χ1) is 8.17. The maximum absolute atomic E-state index is 5.85. The van der Waals surface area contributed by atoms with Crippen LogP contribution in [0.4, 0.5) is 0 Å². The lowest BCUT2D eigenvalue weighted by Gasteiger charge is -2.30. The van der Waals surface area contributed by atoms with E-state index < -0.39 is 0 Å². The van der Waals surface area contributed by atoms with Crippen LogP contribution in [0.3, 0.4) is 0 Å². The van der Waals surface area contributed by atoms with Crippen molar-refractivity contribution in [1.29, 1.82) is 0 Å². The summed E-state index contributed by atoms with van der Waals surface area (Å²) in [6, 6.07) is 0.307. The Labute approximate surface area is 107 Å². The molecular formula is C14H31NO2. The van der Waals surface area contributed by atoms with E-state index in [1.54, 1.807) is 0 Å². The van der Waals surface area contributed by atoms with E-state index in [9.17, 15) is 0 Å². The van der Waals surface area contributed by atoms with E-state index >= 15 is 0 Å². The predicted molar refractivity (Wildman–Crippen MR) is 73.4 cm³/mol. The van der Waals surface area contributed by atoms with Gasteiger partial charge in [0.1, 0.15) is 0 Å². The number of hydrogen-bond acceptors (Lipinski definition) is 3. The standard InChI is InChI=1S/C14H31NO2/c1-6-9-15-13(11-16-10-7-2)14(12(4)5)17-8-3/h12-15H,6-11H2,1-5H3. The van der Waals surface area contributed by atoms with Crippen LogP contribution in [0.1, 0.15) is 47.5 Å². The smallest absolute Gasteiger partial charge is 0.0773 e. The molecule has 0 aliphatic carbocycles. The summed E-state index contributed by atoms with van der Waals surface area (Å²) in [7, 11) is 0. The first-order valence-corrected chi connectivity index (χ1v) is 7.09. The molecule has 2 atom stereocenters. The fraction of sp³-hybridized carbons (Fsp3) is 1.00. The fourth-order valence-corrected chi connectivity index (χ4v) is 1.92. The van der Waals surface area contributed by atoms with Gasteiger partial charge in [0.2, 0.25) is 0 Å². The third-order valence-electron chi connectivity index (χ3n) is 2.72. The third-order valence-corrected chi connectivity index (χ3v) is 2.72. The van der Waals surface area contributed by atoms with Gasteiger partial charge in [0.05, 0.1) is 18.8 Å². The zero-order valence-corrected chi connectivity index (χ0v) is 12.3. The average molecular weight is 245 g/mol. The molecule has 0 spiro atoms. The van der Waals surface area contributed by atoms with Crippen molar-refractivity contribution in [2.24, 2.45) is 5.92 Å². The van der Waals surface area contributed by atoms with E-state index in [0.29, 0.717) is 12.0 Å². The first-order valence-electron chi connectivity index (χ1n) is 7.09. The molecule has 0 saturated carbocycles. The molecule has 0 amide bonds. The van der Waals surface area contributed by atoms with Crippen molar-refractivity contribution in [2.75, 3.05) is 26.4 Å². The molecule has 0 saturated heterocycles. The Balaban J connectivity index is 4.26. The molecule has 0 bridgehead atoms. The number of nitrogens with one attached hydrogen (secondary N) is 1. The molecule has 0 aliphatic rings. The molecule has 0 aromatic heterocycles. The van der Waals surface area contributed by atoms with E-state index in [-0.39, 0.29) is 6.10 Å². The average Bonchev–Trinajstić information content (AvgIpc) is 2.31. The van der Waals surface area contributed by atoms with Crippen LogP contribution in [-0.4, -0.2) is 38.5 Å². The molecule has 3 heteroatoms. The van der Waals surface area contributed by atoms with E-state index in [2.05, 4.69) is 39.9 Å². The monoisotopic (exact) mass is 245 g/mol. The molecule has 0 aromatic carbocycles. The summed E-state index contributed by atoms with van der Waals surface area (Å²) in [5.41, 5.74) is 0. The van der Waals surface area contributed by atoms with Crippen molar-refractivity contribution in [2.45, 2.75) is 59.6 Å². The topological polar surface area (TPSA) is 30.5 Å². The van der Waals surface area contributed by atoms with Gasteiger partial charge in [0, 0.05) is 13.2 Å². The van der Waals surface area contributed by atoms with Crippen LogP contribution in [0.15, 0.2) is 0 Å². The summed E-state index contributed by atoms with van der Waals surface area (Å²) in [6.45, 7) is 14.2. The van der Waals surface area contributed by atoms with E-state index in [0.717, 1.165) is 39.2 Å². The third kappa shape index (κ3) is 7.74. The first kappa shape index (κ1) is 16.9. The van der Waals surface area contributed by atoms with Gasteiger partial charge in [-0.25, -0.2) is 0 Å². The van der Waals surface area contributed by atoms with Gasteiger partial charge >= 0.3 is 0 Å². The summed E-state index contributed by atoms with van der Waals surface area (Å²) in [6.07, 6.45) is 2.45. The van der Waals surface area contributed by atoms with Crippen LogP contribution in [0.2, 0.25) is 0 Å². The molecule has 0 radical (unpaired) electrons. The largest absolute Gasteiger partial charge is 0.380 e. The molecule has 0 fully saturated rings. The molecule has 2 unspecified atom stereocenters. The lowest BCUT2D eigenvalue weighted by atomic mass is 9.99. The quantitative estimate of drug-likeness (QED) is 0.568. The normalized spacial score (nSPS) is 15.2. The van der Waals surface area contributed by atoms with Gasteiger partial charge in [-0.15, -0.1) is 0 Å². The van der Waals surface area contributed by atoms with E-state index in [1.165, 1.54) is 0 Å². The van der Waals surface area contributed by atoms with Crippen molar-refractivity contribution in [3.63, 3.8) is 0 Å². The maximum atomic E-state index is 5.85. The summed E-state index contributed by atoms with van der Waals surface area (Å²) < 4.78 is 11.5. The van der Waals surface area contributed by atoms with Crippen LogP contribution in [0.25, 0.3) is 0 Å². The molecule has 17 heavy (non-hydrogen) atoms. The minimum Gasteiger partial charge on any atom is -0.380 e. The molecular weight excluding hydrogens is 214 g/mol. The van der Waals surface area contributed by atoms with Gasteiger partial charge in [0.15, 0.2) is 0 Å². The second-order valence-electron chi connectivity index (χ2n) is 4.80. The minimum absolute atomic E-state index is 0.239. The van der Waals surface area contributed by atoms with Gasteiger partial charge in [-0.1, -0.05) is 27.7 Å². The van der Waals surface area contributed by atoms with E-state index in [4.69, 9.17) is 9.47 Å². The zero-order valence-electron chi connectivity index (χ0n) is 12.3. The fourth-order valence-electron chi connectivity index (χ4n) is 1.92. The summed E-state index contributed by atoms with van der Waals surface area (Å²) in [4.78, 5) is 0. The minimum atomic E-state index is 0.239. The molecule has 0 aliphatic heterocycles. The van der Waals surface area contributed by atoms with Gasteiger partial charge < -0.3 is 14.8 Å². The van der Waals surface area contributed by atoms with Gasteiger partial charge in [-0.3, -0.25) is 0 Å². The number of ether oxygens (including phenoxy) is 2. The van der Waals surface area contributed by atoms with Crippen molar-refractivity contribution in [1.82, 2.24) is 5.32 Å². The second kappa shape index (κ2) is 11.0. The summed E-state index contributed by atoms with van der Waals surface area (Å²) in [5, 5.41) is 3.54. The summed E-state index contributed by atoms with van der Waals surface area (Å²) >= 11 is 0. The SMILES string of the molecule is CCCNC(COCCC)C(OCC)C(C)C. The van der Waals surface area contributed by atoms with Crippen molar-refractivity contribution < 1.29 is 9.47 Å². The Morgan fingerprint density at radius 1 is 1.06 bits per heavy atom. The molecule has 0 aromatic rings. The Morgan fingerprint density at radius 2 is 1.76 bits per heavy atom. The predicted octanol–water partition coefficient (Wildman–Crippen LogP) is 2.84. The van der Waals surface area contributed by atoms with Crippen LogP contribution in [0, 0.1) is 5.92 Å². The Kier molecular flexibility index (Phi) is 10.9. The highest BCUT2D eigenvalue weighted by atomic mass is 16.5. The molecule has 3 nitrogen and oxygen atoms in total. The second-order valence-corrected chi connectivity index (χ2v) is 4.80. The lowest BCUT2D eigenvalue weighted by Crippen LogP contribution is -2.47. The van der Waals surface area contributed by atoms with Crippen LogP contribution in [0.5, 0.6) is 0 Å². The highest BCUT2D eigenvalue weighted by Gasteiger charge is 2.24. The lowest BCUT2D eigenvalue weighted by molar-refractivity contribution is -0.0234. The van der Waals surface area contributed by atoms with Crippen LogP contribution in [-0.2, 0) is 9.47 Å². The van der Waals surface area contributed by atoms with Gasteiger partial charge in [-0.2, -0.15) is 0 Å². The number of rotatable bonds is 11. The Hall–Kier alpha value is -0.120. The zero-order chi connectivity index (χ0) is 13.1. The Bertz CT molecular complexity index is 162. The Morgan fingerprint density at radius 3 is 2.24 bits per heavy atom. The molecule has 0 rings (SSSR count). The van der Waals surface area contributed by atoms with Gasteiger partial charge in [0.25, 0.3) is 0 Å².